The van der Waals surface area contributed by atoms with Crippen LogP contribution < -0.4 is 0 Å². The molecule has 0 radical (unpaired) electrons. The number of carbonyl (C=O) groups excluding carboxylic acids is 1. The summed E-state index contributed by atoms with van der Waals surface area (Å²) in [6, 6.07) is 0.664. The zero-order valence-electron chi connectivity index (χ0n) is 10.3. The van der Waals surface area contributed by atoms with E-state index in [1.165, 1.54) is 0 Å². The Kier molecular flexibility index (Phi) is 8.16. The Hall–Kier alpha value is -1.47. The summed E-state index contributed by atoms with van der Waals surface area (Å²) in [5, 5.41) is 3.11. The van der Waals surface area contributed by atoms with E-state index in [1.807, 2.05) is 20.6 Å². The molecule has 0 aromatic carbocycles. The second-order valence-corrected chi connectivity index (χ2v) is 2.63. The molecule has 0 bridgehead atoms. The van der Waals surface area contributed by atoms with Gasteiger partial charge in [0.15, 0.2) is 0 Å². The molecule has 8 heteroatoms. The van der Waals surface area contributed by atoms with E-state index in [2.05, 4.69) is 5.10 Å². The van der Waals surface area contributed by atoms with Crippen molar-refractivity contribution in [1.82, 2.24) is 9.78 Å². The molecule has 0 aliphatic rings. The molecule has 0 unspecified atom stereocenters. The van der Waals surface area contributed by atoms with Gasteiger partial charge in [-0.1, -0.05) is 13.8 Å². The molecule has 0 atom stereocenters. The molecule has 1 aromatic rings. The maximum absolute atomic E-state index is 12.6. The number of hydrogen-bond donors (Lipinski definition) is 0. The minimum absolute atomic E-state index is 0.244. The number of carbonyl (C=O) groups is 1. The Bertz CT molecular complexity index is 335. The fourth-order valence-electron chi connectivity index (χ4n) is 0.850. The molecule has 0 amide bonds. The highest BCUT2D eigenvalue weighted by Crippen LogP contribution is 2.42. The van der Waals surface area contributed by atoms with Crippen molar-refractivity contribution in [2.75, 3.05) is 0 Å². The molecule has 1 heterocycles. The Labute approximate surface area is 102 Å². The van der Waals surface area contributed by atoms with Crippen LogP contribution in [-0.2, 0) is 17.3 Å². The number of halogens is 5. The smallest absolute Gasteiger partial charge is 0.307 e. The molecule has 106 valence electrons. The fourth-order valence-corrected chi connectivity index (χ4v) is 0.850. The summed E-state index contributed by atoms with van der Waals surface area (Å²) in [4.78, 5) is 8.00. The third-order valence-electron chi connectivity index (χ3n) is 1.64. The molecule has 1 rings (SSSR count). The van der Waals surface area contributed by atoms with E-state index in [0.29, 0.717) is 6.07 Å². The monoisotopic (exact) mass is 274 g/mol. The van der Waals surface area contributed by atoms with Crippen LogP contribution in [0.15, 0.2) is 12.3 Å². The average molecular weight is 274 g/mol. The fraction of sp³-hybridized carbons (Fsp3) is 0.600. The quantitative estimate of drug-likeness (QED) is 0.775. The number of rotatable bonds is 2. The molecule has 0 aliphatic carbocycles. The lowest BCUT2D eigenvalue weighted by atomic mass is 10.2. The second kappa shape index (κ2) is 7.78. The van der Waals surface area contributed by atoms with Crippen molar-refractivity contribution in [1.29, 1.82) is 0 Å². The molecule has 3 nitrogen and oxygen atoms in total. The minimum Gasteiger partial charge on any atom is -0.307 e. The van der Waals surface area contributed by atoms with Crippen molar-refractivity contribution in [2.45, 2.75) is 39.4 Å². The van der Waals surface area contributed by atoms with E-state index in [1.54, 1.807) is 6.92 Å². The van der Waals surface area contributed by atoms with Gasteiger partial charge in [0.1, 0.15) is 12.5 Å². The van der Waals surface area contributed by atoms with Crippen LogP contribution in [0.2, 0.25) is 0 Å². The van der Waals surface area contributed by atoms with Gasteiger partial charge in [0.05, 0.1) is 0 Å². The Morgan fingerprint density at radius 1 is 1.22 bits per heavy atom. The number of aromatic nitrogens is 2. The van der Waals surface area contributed by atoms with Crippen molar-refractivity contribution in [2.24, 2.45) is 0 Å². The van der Waals surface area contributed by atoms with E-state index >= 15 is 0 Å². The standard InChI is InChI=1S/C7H7F5N2.C2H6.CH2O/c1-2-14-4-3-5(13-14)6(8,9)7(10,11)12;2*1-2/h3-4H,2H2,1H3;1-2H3;1H2. The van der Waals surface area contributed by atoms with Gasteiger partial charge < -0.3 is 4.79 Å². The van der Waals surface area contributed by atoms with Gasteiger partial charge in [-0.3, -0.25) is 4.68 Å². The summed E-state index contributed by atoms with van der Waals surface area (Å²) in [6.07, 6.45) is -4.52. The minimum atomic E-state index is -5.60. The highest BCUT2D eigenvalue weighted by atomic mass is 19.4. The summed E-state index contributed by atoms with van der Waals surface area (Å²) in [5.74, 6) is -4.88. The second-order valence-electron chi connectivity index (χ2n) is 2.63. The molecule has 0 saturated heterocycles. The number of nitrogens with zero attached hydrogens (tertiary/aromatic N) is 2. The first-order valence-electron chi connectivity index (χ1n) is 5.06. The summed E-state index contributed by atoms with van der Waals surface area (Å²) in [6.45, 7) is 7.83. The van der Waals surface area contributed by atoms with Crippen LogP contribution in [0.5, 0.6) is 0 Å². The van der Waals surface area contributed by atoms with Crippen LogP contribution in [0.4, 0.5) is 22.0 Å². The Morgan fingerprint density at radius 2 is 1.67 bits per heavy atom. The summed E-state index contributed by atoms with van der Waals surface area (Å²) < 4.78 is 61.7. The predicted molar refractivity (Wildman–Crippen MR) is 56.3 cm³/mol. The van der Waals surface area contributed by atoms with Gasteiger partial charge in [-0.05, 0) is 13.0 Å². The molecule has 0 fully saturated rings. The maximum Gasteiger partial charge on any atom is 0.459 e. The van der Waals surface area contributed by atoms with E-state index in [-0.39, 0.29) is 6.54 Å². The molecular weight excluding hydrogens is 259 g/mol. The molecular formula is C10H15F5N2O. The van der Waals surface area contributed by atoms with E-state index in [0.717, 1.165) is 10.9 Å². The lowest BCUT2D eigenvalue weighted by Crippen LogP contribution is -2.34. The predicted octanol–water partition coefficient (Wildman–Crippen LogP) is 3.40. The van der Waals surface area contributed by atoms with Crippen molar-refractivity contribution in [3.8, 4) is 0 Å². The van der Waals surface area contributed by atoms with Gasteiger partial charge in [-0.25, -0.2) is 0 Å². The molecule has 0 saturated carbocycles. The van der Waals surface area contributed by atoms with Crippen LogP contribution >= 0.6 is 0 Å². The van der Waals surface area contributed by atoms with E-state index in [4.69, 9.17) is 4.79 Å². The normalized spacial score (nSPS) is 10.9. The number of aryl methyl sites for hydroxylation is 1. The summed E-state index contributed by atoms with van der Waals surface area (Å²) >= 11 is 0. The van der Waals surface area contributed by atoms with Crippen molar-refractivity contribution in [3.63, 3.8) is 0 Å². The highest BCUT2D eigenvalue weighted by molar-refractivity contribution is 5.11. The first-order valence-corrected chi connectivity index (χ1v) is 5.06. The van der Waals surface area contributed by atoms with Gasteiger partial charge in [-0.15, -0.1) is 0 Å². The third kappa shape index (κ3) is 4.42. The highest BCUT2D eigenvalue weighted by Gasteiger charge is 2.60. The first-order chi connectivity index (χ1) is 8.29. The SMILES string of the molecule is C=O.CC.CCn1ccc(C(F)(F)C(F)(F)F)n1. The molecule has 0 aliphatic heterocycles. The molecule has 1 aromatic heterocycles. The molecule has 18 heavy (non-hydrogen) atoms. The lowest BCUT2D eigenvalue weighted by Gasteiger charge is -2.16. The van der Waals surface area contributed by atoms with Gasteiger partial charge in [0.2, 0.25) is 0 Å². The molecule has 0 N–H and O–H groups in total. The van der Waals surface area contributed by atoms with Gasteiger partial charge >= 0.3 is 12.1 Å². The van der Waals surface area contributed by atoms with Crippen LogP contribution in [0.1, 0.15) is 26.5 Å². The van der Waals surface area contributed by atoms with Crippen molar-refractivity contribution < 1.29 is 26.7 Å². The van der Waals surface area contributed by atoms with Crippen LogP contribution in [0.3, 0.4) is 0 Å². The van der Waals surface area contributed by atoms with Crippen molar-refractivity contribution in [3.05, 3.63) is 18.0 Å². The van der Waals surface area contributed by atoms with Crippen molar-refractivity contribution >= 4 is 6.79 Å². The van der Waals surface area contributed by atoms with Gasteiger partial charge in [0, 0.05) is 12.7 Å². The number of alkyl halides is 5. The summed E-state index contributed by atoms with van der Waals surface area (Å²) in [5.41, 5.74) is -1.27. The number of hydrogen-bond acceptors (Lipinski definition) is 2. The Morgan fingerprint density at radius 3 is 1.94 bits per heavy atom. The van der Waals surface area contributed by atoms with Crippen LogP contribution in [0, 0.1) is 0 Å². The first kappa shape index (κ1) is 18.9. The lowest BCUT2D eigenvalue weighted by molar-refractivity contribution is -0.291. The van der Waals surface area contributed by atoms with Gasteiger partial charge in [0.25, 0.3) is 0 Å². The zero-order valence-corrected chi connectivity index (χ0v) is 10.3. The van der Waals surface area contributed by atoms with Crippen LogP contribution in [0.25, 0.3) is 0 Å². The van der Waals surface area contributed by atoms with E-state index < -0.39 is 17.8 Å². The average Bonchev–Trinajstić information content (AvgIpc) is 2.82. The van der Waals surface area contributed by atoms with E-state index in [9.17, 15) is 22.0 Å². The zero-order chi connectivity index (χ0) is 15.0. The summed E-state index contributed by atoms with van der Waals surface area (Å²) in [7, 11) is 0. The van der Waals surface area contributed by atoms with Crippen LogP contribution in [-0.4, -0.2) is 22.7 Å². The Balaban J connectivity index is 0. The van der Waals surface area contributed by atoms with Gasteiger partial charge in [-0.2, -0.15) is 27.1 Å². The third-order valence-corrected chi connectivity index (χ3v) is 1.64. The topological polar surface area (TPSA) is 34.9 Å². The molecule has 0 spiro atoms. The largest absolute Gasteiger partial charge is 0.459 e. The maximum atomic E-state index is 12.6.